The minimum Gasteiger partial charge on any atom is -0.406 e. The molecule has 0 bridgehead atoms. The van der Waals surface area contributed by atoms with E-state index in [2.05, 4.69) is 41.6 Å². The fraction of sp³-hybridized carbons (Fsp3) is 0.818. The number of rotatable bonds is 7. The van der Waals surface area contributed by atoms with E-state index in [9.17, 15) is 0 Å². The van der Waals surface area contributed by atoms with Crippen molar-refractivity contribution < 1.29 is 4.42 Å². The third-order valence-electron chi connectivity index (χ3n) is 2.49. The molecule has 5 heteroatoms. The second-order valence-corrected chi connectivity index (χ2v) is 4.07. The van der Waals surface area contributed by atoms with E-state index in [0.29, 0.717) is 17.9 Å². The van der Waals surface area contributed by atoms with Crippen LogP contribution in [0.1, 0.15) is 52.5 Å². The van der Waals surface area contributed by atoms with Crippen LogP contribution in [0.2, 0.25) is 0 Å². The Kier molecular flexibility index (Phi) is 5.25. The van der Waals surface area contributed by atoms with Crippen molar-refractivity contribution in [2.45, 2.75) is 52.6 Å². The van der Waals surface area contributed by atoms with Crippen LogP contribution in [0.5, 0.6) is 0 Å². The Morgan fingerprint density at radius 3 is 2.62 bits per heavy atom. The number of nitrogens with one attached hydrogen (secondary N) is 2. The molecule has 5 nitrogen and oxygen atoms in total. The average Bonchev–Trinajstić information content (AvgIpc) is 2.74. The van der Waals surface area contributed by atoms with E-state index < -0.39 is 0 Å². The van der Waals surface area contributed by atoms with Gasteiger partial charge in [0.2, 0.25) is 5.89 Å². The van der Waals surface area contributed by atoms with E-state index in [4.69, 9.17) is 4.42 Å². The van der Waals surface area contributed by atoms with Crippen LogP contribution in [-0.2, 0) is 0 Å². The fourth-order valence-corrected chi connectivity index (χ4v) is 1.23. The van der Waals surface area contributed by atoms with Gasteiger partial charge >= 0.3 is 6.01 Å². The molecule has 92 valence electrons. The summed E-state index contributed by atoms with van der Waals surface area (Å²) < 4.78 is 5.52. The lowest BCUT2D eigenvalue weighted by Gasteiger charge is -2.09. The normalized spacial score (nSPS) is 14.8. The van der Waals surface area contributed by atoms with Crippen molar-refractivity contribution in [3.05, 3.63) is 5.89 Å². The topological polar surface area (TPSA) is 63.0 Å². The first-order valence-electron chi connectivity index (χ1n) is 6.00. The fourth-order valence-electron chi connectivity index (χ4n) is 1.23. The number of hydrogen-bond donors (Lipinski definition) is 2. The van der Waals surface area contributed by atoms with Crippen molar-refractivity contribution in [1.82, 2.24) is 15.5 Å². The predicted molar refractivity (Wildman–Crippen MR) is 64.4 cm³/mol. The molecule has 0 spiro atoms. The summed E-state index contributed by atoms with van der Waals surface area (Å²) in [6.07, 6.45) is 2.12. The molecule has 1 heterocycles. The highest BCUT2D eigenvalue weighted by atomic mass is 16.4. The molecule has 0 saturated carbocycles. The lowest BCUT2D eigenvalue weighted by molar-refractivity contribution is 0.421. The van der Waals surface area contributed by atoms with Crippen LogP contribution in [0, 0.1) is 0 Å². The van der Waals surface area contributed by atoms with Crippen molar-refractivity contribution in [2.24, 2.45) is 0 Å². The van der Waals surface area contributed by atoms with E-state index in [-0.39, 0.29) is 6.04 Å². The lowest BCUT2D eigenvalue weighted by atomic mass is 10.3. The standard InChI is InChI=1S/C11H22N4O/c1-5-7-12-9(4)10-14-15-11(16-10)13-8(3)6-2/h8-9,12H,5-7H2,1-4H3,(H,13,15). The molecule has 0 radical (unpaired) electrons. The molecule has 16 heavy (non-hydrogen) atoms. The second-order valence-electron chi connectivity index (χ2n) is 4.07. The average molecular weight is 226 g/mol. The highest BCUT2D eigenvalue weighted by molar-refractivity contribution is 5.19. The highest BCUT2D eigenvalue weighted by Crippen LogP contribution is 2.14. The Labute approximate surface area is 97.0 Å². The molecular weight excluding hydrogens is 204 g/mol. The Morgan fingerprint density at radius 1 is 1.25 bits per heavy atom. The molecule has 1 rings (SSSR count). The summed E-state index contributed by atoms with van der Waals surface area (Å²) in [6.45, 7) is 9.31. The van der Waals surface area contributed by atoms with Gasteiger partial charge in [0, 0.05) is 6.04 Å². The van der Waals surface area contributed by atoms with Crippen molar-refractivity contribution >= 4 is 6.01 Å². The van der Waals surface area contributed by atoms with Gasteiger partial charge < -0.3 is 15.1 Å². The smallest absolute Gasteiger partial charge is 0.315 e. The SMILES string of the molecule is CCCNC(C)c1nnc(NC(C)CC)o1. The molecule has 0 aliphatic heterocycles. The van der Waals surface area contributed by atoms with E-state index in [0.717, 1.165) is 19.4 Å². The summed E-state index contributed by atoms with van der Waals surface area (Å²) in [5, 5.41) is 14.4. The zero-order chi connectivity index (χ0) is 12.0. The van der Waals surface area contributed by atoms with Crippen LogP contribution in [0.3, 0.4) is 0 Å². The predicted octanol–water partition coefficient (Wildman–Crippen LogP) is 2.34. The summed E-state index contributed by atoms with van der Waals surface area (Å²) >= 11 is 0. The van der Waals surface area contributed by atoms with Gasteiger partial charge in [0.05, 0.1) is 6.04 Å². The van der Waals surface area contributed by atoms with Crippen LogP contribution in [-0.4, -0.2) is 22.8 Å². The maximum atomic E-state index is 5.52. The molecule has 2 unspecified atom stereocenters. The Hall–Kier alpha value is -1.10. The van der Waals surface area contributed by atoms with Crippen molar-refractivity contribution in [2.75, 3.05) is 11.9 Å². The Balaban J connectivity index is 2.50. The van der Waals surface area contributed by atoms with Crippen molar-refractivity contribution in [1.29, 1.82) is 0 Å². The highest BCUT2D eigenvalue weighted by Gasteiger charge is 2.13. The van der Waals surface area contributed by atoms with Gasteiger partial charge in [-0.1, -0.05) is 18.9 Å². The molecule has 0 aromatic carbocycles. The molecule has 1 aromatic rings. The second kappa shape index (κ2) is 6.48. The maximum Gasteiger partial charge on any atom is 0.315 e. The minimum atomic E-state index is 0.111. The first-order chi connectivity index (χ1) is 7.67. The zero-order valence-corrected chi connectivity index (χ0v) is 10.6. The Bertz CT molecular complexity index is 300. The summed E-state index contributed by atoms with van der Waals surface area (Å²) in [5.74, 6) is 0.638. The molecule has 1 aromatic heterocycles. The molecule has 0 amide bonds. The lowest BCUT2D eigenvalue weighted by Crippen LogP contribution is -2.19. The van der Waals surface area contributed by atoms with Crippen LogP contribution in [0.25, 0.3) is 0 Å². The number of aromatic nitrogens is 2. The molecule has 2 atom stereocenters. The van der Waals surface area contributed by atoms with E-state index >= 15 is 0 Å². The van der Waals surface area contributed by atoms with Gasteiger partial charge in [0.15, 0.2) is 0 Å². The number of anilines is 1. The number of nitrogens with zero attached hydrogens (tertiary/aromatic N) is 2. The van der Waals surface area contributed by atoms with E-state index in [1.165, 1.54) is 0 Å². The molecule has 0 aliphatic carbocycles. The van der Waals surface area contributed by atoms with Gasteiger partial charge in [-0.15, -0.1) is 5.10 Å². The zero-order valence-electron chi connectivity index (χ0n) is 10.6. The quantitative estimate of drug-likeness (QED) is 0.747. The van der Waals surface area contributed by atoms with Gasteiger partial charge in [0.25, 0.3) is 0 Å². The third-order valence-corrected chi connectivity index (χ3v) is 2.49. The first kappa shape index (κ1) is 13.0. The summed E-state index contributed by atoms with van der Waals surface area (Å²) in [6, 6.07) is 0.974. The van der Waals surface area contributed by atoms with Gasteiger partial charge in [-0.3, -0.25) is 0 Å². The van der Waals surface area contributed by atoms with Crippen molar-refractivity contribution in [3.8, 4) is 0 Å². The van der Waals surface area contributed by atoms with Gasteiger partial charge in [-0.05, 0) is 33.2 Å². The minimum absolute atomic E-state index is 0.111. The van der Waals surface area contributed by atoms with Crippen molar-refractivity contribution in [3.63, 3.8) is 0 Å². The number of hydrogen-bond acceptors (Lipinski definition) is 5. The maximum absolute atomic E-state index is 5.52. The molecule has 0 fully saturated rings. The van der Waals surface area contributed by atoms with E-state index in [1.807, 2.05) is 6.92 Å². The summed E-state index contributed by atoms with van der Waals surface area (Å²) in [7, 11) is 0. The van der Waals surface area contributed by atoms with Gasteiger partial charge in [-0.25, -0.2) is 0 Å². The molecule has 2 N–H and O–H groups in total. The molecular formula is C11H22N4O. The molecule has 0 saturated heterocycles. The van der Waals surface area contributed by atoms with Crippen LogP contribution >= 0.6 is 0 Å². The Morgan fingerprint density at radius 2 is 2.00 bits per heavy atom. The first-order valence-corrected chi connectivity index (χ1v) is 6.00. The summed E-state index contributed by atoms with van der Waals surface area (Å²) in [4.78, 5) is 0. The van der Waals surface area contributed by atoms with Crippen LogP contribution < -0.4 is 10.6 Å². The largest absolute Gasteiger partial charge is 0.406 e. The van der Waals surface area contributed by atoms with E-state index in [1.54, 1.807) is 0 Å². The van der Waals surface area contributed by atoms with Crippen LogP contribution in [0.4, 0.5) is 6.01 Å². The summed E-state index contributed by atoms with van der Waals surface area (Å²) in [5.41, 5.74) is 0. The van der Waals surface area contributed by atoms with Gasteiger partial charge in [-0.2, -0.15) is 0 Å². The van der Waals surface area contributed by atoms with Gasteiger partial charge in [0.1, 0.15) is 0 Å². The third kappa shape index (κ3) is 3.81. The molecule has 0 aliphatic rings. The monoisotopic (exact) mass is 226 g/mol. The van der Waals surface area contributed by atoms with Crippen LogP contribution in [0.15, 0.2) is 4.42 Å².